The Morgan fingerprint density at radius 1 is 1.00 bits per heavy atom. The second-order valence-electron chi connectivity index (χ2n) is 13.0. The maximum Gasteiger partial charge on any atom is 0.317 e. The van der Waals surface area contributed by atoms with Crippen LogP contribution in [0.2, 0.25) is 0 Å². The smallest absolute Gasteiger partial charge is 0.317 e. The maximum absolute atomic E-state index is 14.0. The van der Waals surface area contributed by atoms with Gasteiger partial charge in [0.2, 0.25) is 0 Å². The van der Waals surface area contributed by atoms with Crippen LogP contribution in [0.25, 0.3) is 10.9 Å². The van der Waals surface area contributed by atoms with E-state index in [1.54, 1.807) is 60.8 Å². The predicted octanol–water partition coefficient (Wildman–Crippen LogP) is 7.61. The van der Waals surface area contributed by atoms with E-state index in [-0.39, 0.29) is 22.9 Å². The number of benzene rings is 3. The summed E-state index contributed by atoms with van der Waals surface area (Å²) >= 11 is 0. The number of halogens is 1. The molecule has 1 aromatic heterocycles. The first kappa shape index (κ1) is 32.3. The number of rotatable bonds is 10. The standard InChI is InChI=1S/C36H39FN2O5S/c1-5-19-36(20-18-24-14-16-27(37)17-15-24)23-29(40)31(34(41)44-36)32(35(2,3)4)26-10-6-12-28(22-26)39-45(42,43)30-13-7-9-25-11-8-21-38-33(25)30/h6-17,21-22,31-32,39H,5,18-20,23H2,1-4H3. The molecule has 1 N–H and O–H groups in total. The predicted molar refractivity (Wildman–Crippen MR) is 173 cm³/mol. The zero-order valence-electron chi connectivity index (χ0n) is 26.0. The molecule has 45 heavy (non-hydrogen) atoms. The summed E-state index contributed by atoms with van der Waals surface area (Å²) in [4.78, 5) is 32.1. The Kier molecular flexibility index (Phi) is 9.12. The molecule has 3 atom stereocenters. The average molecular weight is 631 g/mol. The van der Waals surface area contributed by atoms with Gasteiger partial charge in [0, 0.05) is 29.6 Å². The summed E-state index contributed by atoms with van der Waals surface area (Å²) in [5.74, 6) is -2.69. The van der Waals surface area contributed by atoms with Crippen LogP contribution >= 0.6 is 0 Å². The molecule has 2 heterocycles. The van der Waals surface area contributed by atoms with Gasteiger partial charge in [-0.1, -0.05) is 76.6 Å². The molecule has 1 saturated heterocycles. The van der Waals surface area contributed by atoms with Crippen LogP contribution in [0.3, 0.4) is 0 Å². The molecule has 0 amide bonds. The maximum atomic E-state index is 14.0. The highest BCUT2D eigenvalue weighted by Gasteiger charge is 2.51. The number of aromatic nitrogens is 1. The number of hydrogen-bond donors (Lipinski definition) is 1. The van der Waals surface area contributed by atoms with Gasteiger partial charge in [-0.05, 0) is 72.2 Å². The fourth-order valence-electron chi connectivity index (χ4n) is 6.57. The number of para-hydroxylation sites is 1. The molecule has 0 radical (unpaired) electrons. The van der Waals surface area contributed by atoms with Crippen LogP contribution in [0.15, 0.2) is 90.0 Å². The van der Waals surface area contributed by atoms with Crippen LogP contribution in [-0.2, 0) is 30.8 Å². The van der Waals surface area contributed by atoms with Crippen molar-refractivity contribution in [1.82, 2.24) is 4.98 Å². The topological polar surface area (TPSA) is 102 Å². The van der Waals surface area contributed by atoms with E-state index < -0.39 is 38.8 Å². The molecule has 1 aliphatic rings. The Morgan fingerprint density at radius 3 is 2.40 bits per heavy atom. The van der Waals surface area contributed by atoms with Gasteiger partial charge in [0.15, 0.2) is 5.78 Å². The van der Waals surface area contributed by atoms with Gasteiger partial charge >= 0.3 is 5.97 Å². The first-order valence-corrected chi connectivity index (χ1v) is 16.8. The van der Waals surface area contributed by atoms with Crippen molar-refractivity contribution in [1.29, 1.82) is 0 Å². The van der Waals surface area contributed by atoms with Crippen molar-refractivity contribution in [2.45, 2.75) is 76.2 Å². The highest BCUT2D eigenvalue weighted by molar-refractivity contribution is 7.93. The van der Waals surface area contributed by atoms with Gasteiger partial charge in [0.05, 0.1) is 5.52 Å². The molecule has 0 bridgehead atoms. The van der Waals surface area contributed by atoms with Crippen LogP contribution in [0, 0.1) is 17.2 Å². The molecule has 9 heteroatoms. The van der Waals surface area contributed by atoms with Gasteiger partial charge in [-0.25, -0.2) is 12.8 Å². The first-order chi connectivity index (χ1) is 21.3. The normalized spacial score (nSPS) is 19.7. The number of carbonyl (C=O) groups excluding carboxylic acids is 2. The molecule has 0 aliphatic carbocycles. The minimum absolute atomic E-state index is 0.0531. The third kappa shape index (κ3) is 7.09. The fourth-order valence-corrected chi connectivity index (χ4v) is 7.80. The number of anilines is 1. The summed E-state index contributed by atoms with van der Waals surface area (Å²) in [6.45, 7) is 7.86. The average Bonchev–Trinajstić information content (AvgIpc) is 2.98. The van der Waals surface area contributed by atoms with Crippen LogP contribution < -0.4 is 4.72 Å². The molecule has 0 spiro atoms. The number of aryl methyl sites for hydroxylation is 1. The molecule has 1 fully saturated rings. The summed E-state index contributed by atoms with van der Waals surface area (Å²) < 4.78 is 49.3. The molecular formula is C36H39FN2O5S. The highest BCUT2D eigenvalue weighted by Crippen LogP contribution is 2.47. The van der Waals surface area contributed by atoms with Crippen LogP contribution in [0.4, 0.5) is 10.1 Å². The summed E-state index contributed by atoms with van der Waals surface area (Å²) in [5, 5.41) is 0.702. The summed E-state index contributed by atoms with van der Waals surface area (Å²) in [6.07, 6.45) is 3.91. The van der Waals surface area contributed by atoms with E-state index in [0.29, 0.717) is 41.4 Å². The van der Waals surface area contributed by atoms with Gasteiger partial charge in [0.25, 0.3) is 10.0 Å². The fraction of sp³-hybridized carbons (Fsp3) is 0.361. The monoisotopic (exact) mass is 630 g/mol. The van der Waals surface area contributed by atoms with E-state index in [0.717, 1.165) is 12.0 Å². The van der Waals surface area contributed by atoms with Gasteiger partial charge in [-0.15, -0.1) is 0 Å². The number of fused-ring (bicyclic) bond motifs is 1. The zero-order valence-corrected chi connectivity index (χ0v) is 26.9. The van der Waals surface area contributed by atoms with E-state index in [1.807, 2.05) is 33.8 Å². The van der Waals surface area contributed by atoms with Crippen molar-refractivity contribution in [2.24, 2.45) is 11.3 Å². The van der Waals surface area contributed by atoms with E-state index in [4.69, 9.17) is 4.74 Å². The van der Waals surface area contributed by atoms with E-state index in [9.17, 15) is 22.4 Å². The van der Waals surface area contributed by atoms with Crippen LogP contribution in [0.5, 0.6) is 0 Å². The first-order valence-electron chi connectivity index (χ1n) is 15.3. The molecule has 1 aliphatic heterocycles. The number of ether oxygens (including phenoxy) is 1. The minimum atomic E-state index is -4.01. The molecule has 7 nitrogen and oxygen atoms in total. The van der Waals surface area contributed by atoms with E-state index in [2.05, 4.69) is 9.71 Å². The number of hydrogen-bond acceptors (Lipinski definition) is 6. The Balaban J connectivity index is 1.42. The number of carbonyl (C=O) groups is 2. The van der Waals surface area contributed by atoms with Crippen LogP contribution in [0.1, 0.15) is 70.4 Å². The highest BCUT2D eigenvalue weighted by atomic mass is 32.2. The van der Waals surface area contributed by atoms with Gasteiger partial charge in [-0.2, -0.15) is 0 Å². The lowest BCUT2D eigenvalue weighted by atomic mass is 9.65. The quantitative estimate of drug-likeness (QED) is 0.143. The Hall–Kier alpha value is -4.11. The number of sulfonamides is 1. The lowest BCUT2D eigenvalue weighted by Gasteiger charge is -2.44. The molecule has 3 aromatic carbocycles. The number of nitrogens with zero attached hydrogens (tertiary/aromatic N) is 1. The number of pyridine rings is 1. The number of ketones is 1. The van der Waals surface area contributed by atoms with Crippen LogP contribution in [-0.4, -0.2) is 30.8 Å². The molecule has 236 valence electrons. The van der Waals surface area contributed by atoms with Crippen molar-refractivity contribution >= 4 is 38.4 Å². The second kappa shape index (κ2) is 12.7. The van der Waals surface area contributed by atoms with E-state index in [1.165, 1.54) is 18.2 Å². The summed E-state index contributed by atoms with van der Waals surface area (Å²) in [7, 11) is -4.01. The molecular weight excluding hydrogens is 591 g/mol. The number of nitrogens with one attached hydrogen (secondary N) is 1. The SMILES string of the molecule is CCCC1(CCc2ccc(F)cc2)CC(=O)C(C(c2cccc(NS(=O)(=O)c3cccc4cccnc34)c2)C(C)(C)C)C(=O)O1. The third-order valence-electron chi connectivity index (χ3n) is 8.55. The van der Waals surface area contributed by atoms with Crippen molar-refractivity contribution < 1.29 is 27.1 Å². The molecule has 3 unspecified atom stereocenters. The van der Waals surface area contributed by atoms with Crippen molar-refractivity contribution in [3.63, 3.8) is 0 Å². The number of Topliss-reactive ketones (excluding diaryl/α,β-unsaturated/α-hetero) is 1. The Bertz CT molecular complexity index is 1790. The molecule has 0 saturated carbocycles. The van der Waals surface area contributed by atoms with E-state index >= 15 is 0 Å². The molecule has 4 aromatic rings. The third-order valence-corrected chi connectivity index (χ3v) is 9.96. The minimum Gasteiger partial charge on any atom is -0.458 e. The number of esters is 1. The van der Waals surface area contributed by atoms with Gasteiger partial charge in [-0.3, -0.25) is 19.3 Å². The van der Waals surface area contributed by atoms with Crippen molar-refractivity contribution in [2.75, 3.05) is 4.72 Å². The summed E-state index contributed by atoms with van der Waals surface area (Å²) in [5.41, 5.74) is 0.759. The van der Waals surface area contributed by atoms with Gasteiger partial charge in [0.1, 0.15) is 22.2 Å². The van der Waals surface area contributed by atoms with Gasteiger partial charge < -0.3 is 4.74 Å². The number of cyclic esters (lactones) is 1. The second-order valence-corrected chi connectivity index (χ2v) is 14.7. The summed E-state index contributed by atoms with van der Waals surface area (Å²) in [6, 6.07) is 21.6. The molecule has 5 rings (SSSR count). The Labute approximate surface area is 264 Å². The van der Waals surface area contributed by atoms with Crippen molar-refractivity contribution in [3.8, 4) is 0 Å². The zero-order chi connectivity index (χ0) is 32.4. The lowest BCUT2D eigenvalue weighted by Crippen LogP contribution is -2.51. The lowest BCUT2D eigenvalue weighted by molar-refractivity contribution is -0.182. The largest absolute Gasteiger partial charge is 0.458 e. The van der Waals surface area contributed by atoms with Crippen molar-refractivity contribution in [3.05, 3.63) is 102 Å². The Morgan fingerprint density at radius 2 is 1.71 bits per heavy atom.